The fourth-order valence-corrected chi connectivity index (χ4v) is 2.80. The van der Waals surface area contributed by atoms with Crippen LogP contribution in [0.5, 0.6) is 0 Å². The molecule has 2 nitrogen and oxygen atoms in total. The molecular formula is C12H19NO. The van der Waals surface area contributed by atoms with Crippen LogP contribution in [0, 0.1) is 5.92 Å². The van der Waals surface area contributed by atoms with E-state index in [1.54, 1.807) is 0 Å². The summed E-state index contributed by atoms with van der Waals surface area (Å²) in [5.41, 5.74) is 1.30. The Morgan fingerprint density at radius 2 is 2.29 bits per heavy atom. The van der Waals surface area contributed by atoms with Gasteiger partial charge in [0.1, 0.15) is 0 Å². The molecule has 0 aromatic carbocycles. The van der Waals surface area contributed by atoms with Crippen molar-refractivity contribution in [1.82, 2.24) is 4.90 Å². The third-order valence-corrected chi connectivity index (χ3v) is 3.62. The number of nitrogens with zero attached hydrogens (tertiary/aromatic N) is 1. The van der Waals surface area contributed by atoms with Gasteiger partial charge in [0.25, 0.3) is 0 Å². The lowest BCUT2D eigenvalue weighted by Gasteiger charge is -2.28. The van der Waals surface area contributed by atoms with Gasteiger partial charge >= 0.3 is 0 Å². The molecule has 2 aliphatic rings. The lowest BCUT2D eigenvalue weighted by molar-refractivity contribution is -0.114. The first-order valence-corrected chi connectivity index (χ1v) is 5.72. The topological polar surface area (TPSA) is 20.3 Å². The summed E-state index contributed by atoms with van der Waals surface area (Å²) in [7, 11) is 0. The van der Waals surface area contributed by atoms with Gasteiger partial charge in [-0.3, -0.25) is 4.79 Å². The molecule has 0 saturated carbocycles. The number of hydrogen-bond acceptors (Lipinski definition) is 2. The number of carbonyl (C=O) groups is 1. The number of carbonyl (C=O) groups excluding carboxylic acids is 1. The van der Waals surface area contributed by atoms with Crippen LogP contribution in [0.4, 0.5) is 0 Å². The molecule has 1 heterocycles. The first-order chi connectivity index (χ1) is 6.72. The molecule has 2 atom stereocenters. The number of rotatable bonds is 2. The Bertz CT molecular complexity index is 269. The summed E-state index contributed by atoms with van der Waals surface area (Å²) in [5, 5.41) is 0. The lowest BCUT2D eigenvalue weighted by Crippen LogP contribution is -2.30. The lowest BCUT2D eigenvalue weighted by atomic mass is 10.0. The third kappa shape index (κ3) is 1.58. The van der Waals surface area contributed by atoms with E-state index in [4.69, 9.17) is 0 Å². The van der Waals surface area contributed by atoms with Crippen molar-refractivity contribution in [2.45, 2.75) is 45.6 Å². The van der Waals surface area contributed by atoms with E-state index in [0.717, 1.165) is 25.3 Å². The fraction of sp³-hybridized carbons (Fsp3) is 0.750. The van der Waals surface area contributed by atoms with E-state index in [1.165, 1.54) is 18.5 Å². The van der Waals surface area contributed by atoms with Gasteiger partial charge in [-0.15, -0.1) is 0 Å². The SMILES string of the molecule is CCC1C(C)CCN1C1=CC(=O)CC1. The molecule has 0 aromatic rings. The maximum Gasteiger partial charge on any atom is 0.157 e. The highest BCUT2D eigenvalue weighted by molar-refractivity contribution is 5.92. The van der Waals surface area contributed by atoms with E-state index in [0.29, 0.717) is 11.8 Å². The normalized spacial score (nSPS) is 32.6. The zero-order valence-corrected chi connectivity index (χ0v) is 9.12. The largest absolute Gasteiger partial charge is 0.371 e. The molecule has 0 radical (unpaired) electrons. The van der Waals surface area contributed by atoms with E-state index in [2.05, 4.69) is 18.7 Å². The van der Waals surface area contributed by atoms with Crippen LogP contribution in [0.25, 0.3) is 0 Å². The first-order valence-electron chi connectivity index (χ1n) is 5.72. The van der Waals surface area contributed by atoms with Crippen molar-refractivity contribution in [2.24, 2.45) is 5.92 Å². The number of allylic oxidation sites excluding steroid dienone is 2. The average Bonchev–Trinajstić information content (AvgIpc) is 2.71. The standard InChI is InChI=1S/C12H19NO/c1-3-12-9(2)6-7-13(12)10-4-5-11(14)8-10/h8-9,12H,3-7H2,1-2H3. The molecule has 78 valence electrons. The number of likely N-dealkylation sites (tertiary alicyclic amines) is 1. The van der Waals surface area contributed by atoms with Crippen molar-refractivity contribution in [2.75, 3.05) is 6.54 Å². The fourth-order valence-electron chi connectivity index (χ4n) is 2.80. The molecule has 0 bridgehead atoms. The smallest absolute Gasteiger partial charge is 0.157 e. The van der Waals surface area contributed by atoms with Crippen molar-refractivity contribution >= 4 is 5.78 Å². The molecular weight excluding hydrogens is 174 g/mol. The predicted molar refractivity (Wildman–Crippen MR) is 56.9 cm³/mol. The van der Waals surface area contributed by atoms with E-state index in [-0.39, 0.29) is 0 Å². The summed E-state index contributed by atoms with van der Waals surface area (Å²) in [6.07, 6.45) is 6.05. The van der Waals surface area contributed by atoms with E-state index >= 15 is 0 Å². The van der Waals surface area contributed by atoms with Crippen LogP contribution in [-0.2, 0) is 4.79 Å². The molecule has 1 aliphatic heterocycles. The Morgan fingerprint density at radius 1 is 1.50 bits per heavy atom. The number of ketones is 1. The van der Waals surface area contributed by atoms with E-state index in [1.807, 2.05) is 6.08 Å². The molecule has 14 heavy (non-hydrogen) atoms. The second-order valence-electron chi connectivity index (χ2n) is 4.54. The summed E-state index contributed by atoms with van der Waals surface area (Å²) in [6, 6.07) is 0.673. The Balaban J connectivity index is 2.11. The van der Waals surface area contributed by atoms with E-state index in [9.17, 15) is 4.79 Å². The highest BCUT2D eigenvalue weighted by Crippen LogP contribution is 2.32. The van der Waals surface area contributed by atoms with Gasteiger partial charge in [0.15, 0.2) is 5.78 Å². The molecule has 0 aromatic heterocycles. The summed E-state index contributed by atoms with van der Waals surface area (Å²) >= 11 is 0. The Hall–Kier alpha value is -0.790. The van der Waals surface area contributed by atoms with E-state index < -0.39 is 0 Å². The van der Waals surface area contributed by atoms with Crippen LogP contribution in [0.3, 0.4) is 0 Å². The second-order valence-corrected chi connectivity index (χ2v) is 4.54. The monoisotopic (exact) mass is 193 g/mol. The Kier molecular flexibility index (Phi) is 2.62. The molecule has 2 heteroatoms. The summed E-state index contributed by atoms with van der Waals surface area (Å²) in [5.74, 6) is 1.10. The van der Waals surface area contributed by atoms with Crippen molar-refractivity contribution in [1.29, 1.82) is 0 Å². The summed E-state index contributed by atoms with van der Waals surface area (Å²) in [6.45, 7) is 5.72. The summed E-state index contributed by atoms with van der Waals surface area (Å²) in [4.78, 5) is 13.7. The highest BCUT2D eigenvalue weighted by atomic mass is 16.1. The van der Waals surface area contributed by atoms with Crippen molar-refractivity contribution in [3.05, 3.63) is 11.8 Å². The van der Waals surface area contributed by atoms with Crippen LogP contribution in [-0.4, -0.2) is 23.3 Å². The highest BCUT2D eigenvalue weighted by Gasteiger charge is 2.32. The zero-order chi connectivity index (χ0) is 10.1. The van der Waals surface area contributed by atoms with Crippen molar-refractivity contribution < 1.29 is 4.79 Å². The first kappa shape index (κ1) is 9.75. The van der Waals surface area contributed by atoms with Crippen molar-refractivity contribution in [3.8, 4) is 0 Å². The van der Waals surface area contributed by atoms with Crippen LogP contribution >= 0.6 is 0 Å². The van der Waals surface area contributed by atoms with Crippen LogP contribution < -0.4 is 0 Å². The zero-order valence-electron chi connectivity index (χ0n) is 9.12. The van der Waals surface area contributed by atoms with Gasteiger partial charge in [-0.05, 0) is 25.2 Å². The molecule has 0 spiro atoms. The predicted octanol–water partition coefficient (Wildman–Crippen LogP) is 2.35. The maximum atomic E-state index is 11.2. The van der Waals surface area contributed by atoms with Gasteiger partial charge < -0.3 is 4.90 Å². The minimum atomic E-state index is 0.314. The molecule has 1 saturated heterocycles. The minimum absolute atomic E-state index is 0.314. The molecule has 0 amide bonds. The maximum absolute atomic E-state index is 11.2. The molecule has 0 N–H and O–H groups in total. The van der Waals surface area contributed by atoms with Gasteiger partial charge in [-0.25, -0.2) is 0 Å². The van der Waals surface area contributed by atoms with Gasteiger partial charge in [-0.2, -0.15) is 0 Å². The number of hydrogen-bond donors (Lipinski definition) is 0. The third-order valence-electron chi connectivity index (χ3n) is 3.62. The quantitative estimate of drug-likeness (QED) is 0.671. The molecule has 1 fully saturated rings. The Labute approximate surface area is 86.0 Å². The summed E-state index contributed by atoms with van der Waals surface area (Å²) < 4.78 is 0. The van der Waals surface area contributed by atoms with Gasteiger partial charge in [0.2, 0.25) is 0 Å². The molecule has 1 aliphatic carbocycles. The molecule has 2 unspecified atom stereocenters. The van der Waals surface area contributed by atoms with Crippen LogP contribution in [0.2, 0.25) is 0 Å². The molecule has 2 rings (SSSR count). The van der Waals surface area contributed by atoms with Crippen LogP contribution in [0.15, 0.2) is 11.8 Å². The van der Waals surface area contributed by atoms with Crippen LogP contribution in [0.1, 0.15) is 39.5 Å². The van der Waals surface area contributed by atoms with Gasteiger partial charge in [0.05, 0.1) is 0 Å². The van der Waals surface area contributed by atoms with Gasteiger partial charge in [0, 0.05) is 30.8 Å². The Morgan fingerprint density at radius 3 is 2.86 bits per heavy atom. The van der Waals surface area contributed by atoms with Gasteiger partial charge in [-0.1, -0.05) is 13.8 Å². The van der Waals surface area contributed by atoms with Crippen molar-refractivity contribution in [3.63, 3.8) is 0 Å². The second kappa shape index (κ2) is 3.76. The minimum Gasteiger partial charge on any atom is -0.371 e. The average molecular weight is 193 g/mol.